The normalized spacial score (nSPS) is 17.1. The number of nitrogens with zero attached hydrogens (tertiary/aromatic N) is 2. The van der Waals surface area contributed by atoms with Crippen molar-refractivity contribution in [2.75, 3.05) is 13.2 Å². The van der Waals surface area contributed by atoms with Gasteiger partial charge in [-0.1, -0.05) is 36.4 Å². The summed E-state index contributed by atoms with van der Waals surface area (Å²) in [6.07, 6.45) is 3.27. The Morgan fingerprint density at radius 1 is 0.941 bits per heavy atom. The number of rotatable bonds is 8. The summed E-state index contributed by atoms with van der Waals surface area (Å²) < 4.78 is 11.5. The number of ketones is 1. The van der Waals surface area contributed by atoms with Crippen molar-refractivity contribution in [2.24, 2.45) is 0 Å². The molecule has 0 bridgehead atoms. The SMILES string of the molecule is CCOc1ccc(C2/C(=C(\O)c3ccccc3)C(=O)C(=O)N2Cc2ccncc2)cc1OCC. The monoisotopic (exact) mass is 458 g/mol. The molecule has 1 saturated heterocycles. The number of pyridine rings is 1. The molecule has 3 aromatic rings. The van der Waals surface area contributed by atoms with Gasteiger partial charge in [0.2, 0.25) is 0 Å². The number of carbonyl (C=O) groups is 2. The second-order valence-electron chi connectivity index (χ2n) is 7.72. The highest BCUT2D eigenvalue weighted by atomic mass is 16.5. The van der Waals surface area contributed by atoms with Gasteiger partial charge >= 0.3 is 0 Å². The van der Waals surface area contributed by atoms with Crippen LogP contribution >= 0.6 is 0 Å². The molecule has 7 nitrogen and oxygen atoms in total. The zero-order valence-electron chi connectivity index (χ0n) is 19.1. The van der Waals surface area contributed by atoms with Gasteiger partial charge < -0.3 is 19.5 Å². The lowest BCUT2D eigenvalue weighted by Gasteiger charge is -2.26. The van der Waals surface area contributed by atoms with Gasteiger partial charge in [0.1, 0.15) is 5.76 Å². The molecule has 1 unspecified atom stereocenters. The maximum absolute atomic E-state index is 13.2. The van der Waals surface area contributed by atoms with Gasteiger partial charge in [0, 0.05) is 24.5 Å². The number of carbonyl (C=O) groups excluding carboxylic acids is 2. The van der Waals surface area contributed by atoms with E-state index in [1.165, 1.54) is 4.90 Å². The third-order valence-corrected chi connectivity index (χ3v) is 5.57. The maximum atomic E-state index is 13.2. The van der Waals surface area contributed by atoms with Crippen LogP contribution in [-0.4, -0.2) is 39.9 Å². The molecule has 0 radical (unpaired) electrons. The van der Waals surface area contributed by atoms with Crippen LogP contribution in [0.15, 0.2) is 78.6 Å². The second kappa shape index (κ2) is 10.2. The number of benzene rings is 2. The lowest BCUT2D eigenvalue weighted by atomic mass is 9.95. The van der Waals surface area contributed by atoms with E-state index in [0.717, 1.165) is 5.56 Å². The smallest absolute Gasteiger partial charge is 0.295 e. The minimum Gasteiger partial charge on any atom is -0.507 e. The summed E-state index contributed by atoms with van der Waals surface area (Å²) in [7, 11) is 0. The Morgan fingerprint density at radius 2 is 1.62 bits per heavy atom. The molecule has 1 aliphatic rings. The minimum atomic E-state index is -0.803. The second-order valence-corrected chi connectivity index (χ2v) is 7.72. The number of Topliss-reactive ketones (excluding diaryl/α,β-unsaturated/α-hetero) is 1. The first-order valence-corrected chi connectivity index (χ1v) is 11.2. The number of ether oxygens (including phenoxy) is 2. The van der Waals surface area contributed by atoms with Gasteiger partial charge in [-0.3, -0.25) is 14.6 Å². The van der Waals surface area contributed by atoms with Crippen molar-refractivity contribution in [3.8, 4) is 11.5 Å². The van der Waals surface area contributed by atoms with Crippen LogP contribution in [0.2, 0.25) is 0 Å². The molecular formula is C27H26N2O5. The van der Waals surface area contributed by atoms with Gasteiger partial charge in [0.05, 0.1) is 24.8 Å². The van der Waals surface area contributed by atoms with E-state index < -0.39 is 17.7 Å². The molecule has 1 fully saturated rings. The van der Waals surface area contributed by atoms with Crippen molar-refractivity contribution in [3.63, 3.8) is 0 Å². The number of hydrogen-bond donors (Lipinski definition) is 1. The summed E-state index contributed by atoms with van der Waals surface area (Å²) in [5, 5.41) is 11.1. The molecule has 174 valence electrons. The van der Waals surface area contributed by atoms with Gasteiger partial charge in [0.25, 0.3) is 11.7 Å². The number of amides is 1. The standard InChI is InChI=1S/C27H26N2O5/c1-3-33-21-11-10-20(16-22(21)34-4-2)24-23(25(30)19-8-6-5-7-9-19)26(31)27(32)29(24)17-18-12-14-28-15-13-18/h5-16,24,30H,3-4,17H2,1-2H3/b25-23+. The lowest BCUT2D eigenvalue weighted by molar-refractivity contribution is -0.140. The molecule has 1 aromatic heterocycles. The number of aliphatic hydroxyl groups excluding tert-OH is 1. The molecule has 4 rings (SSSR count). The van der Waals surface area contributed by atoms with Crippen LogP contribution in [0.3, 0.4) is 0 Å². The minimum absolute atomic E-state index is 0.0388. The fourth-order valence-electron chi connectivity index (χ4n) is 4.06. The van der Waals surface area contributed by atoms with E-state index in [-0.39, 0.29) is 17.9 Å². The van der Waals surface area contributed by atoms with Crippen molar-refractivity contribution in [3.05, 3.63) is 95.3 Å². The van der Waals surface area contributed by atoms with Crippen LogP contribution in [0.5, 0.6) is 11.5 Å². The van der Waals surface area contributed by atoms with Crippen LogP contribution < -0.4 is 9.47 Å². The zero-order chi connectivity index (χ0) is 24.1. The summed E-state index contributed by atoms with van der Waals surface area (Å²) in [5.74, 6) is -0.537. The predicted molar refractivity (Wildman–Crippen MR) is 127 cm³/mol. The van der Waals surface area contributed by atoms with E-state index in [1.54, 1.807) is 67.0 Å². The first-order valence-electron chi connectivity index (χ1n) is 11.2. The Kier molecular flexibility index (Phi) is 6.92. The van der Waals surface area contributed by atoms with E-state index in [4.69, 9.17) is 9.47 Å². The van der Waals surface area contributed by atoms with Gasteiger partial charge in [-0.15, -0.1) is 0 Å². The summed E-state index contributed by atoms with van der Waals surface area (Å²) in [4.78, 5) is 31.9. The first kappa shape index (κ1) is 23.0. The van der Waals surface area contributed by atoms with Crippen LogP contribution in [0.25, 0.3) is 5.76 Å². The number of aromatic nitrogens is 1. The summed E-state index contributed by atoms with van der Waals surface area (Å²) in [5.41, 5.74) is 1.96. The van der Waals surface area contributed by atoms with Crippen LogP contribution in [0.4, 0.5) is 0 Å². The van der Waals surface area contributed by atoms with Crippen LogP contribution in [0.1, 0.15) is 36.6 Å². The highest BCUT2D eigenvalue weighted by Crippen LogP contribution is 2.42. The molecule has 1 N–H and O–H groups in total. The average molecular weight is 459 g/mol. The van der Waals surface area contributed by atoms with Crippen LogP contribution in [0, 0.1) is 0 Å². The Hall–Kier alpha value is -4.13. The zero-order valence-corrected chi connectivity index (χ0v) is 19.1. The Labute approximate surface area is 198 Å². The number of hydrogen-bond acceptors (Lipinski definition) is 6. The van der Waals surface area contributed by atoms with Crippen molar-refractivity contribution >= 4 is 17.4 Å². The largest absolute Gasteiger partial charge is 0.507 e. The summed E-state index contributed by atoms with van der Waals surface area (Å²) in [6.45, 7) is 4.82. The topological polar surface area (TPSA) is 89.0 Å². The highest BCUT2D eigenvalue weighted by Gasteiger charge is 2.46. The molecule has 0 aliphatic carbocycles. The molecule has 2 aromatic carbocycles. The third kappa shape index (κ3) is 4.50. The Bertz CT molecular complexity index is 1210. The molecule has 0 saturated carbocycles. The summed E-state index contributed by atoms with van der Waals surface area (Å²) in [6, 6.07) is 16.8. The van der Waals surface area contributed by atoms with Gasteiger partial charge in [-0.25, -0.2) is 0 Å². The molecule has 0 spiro atoms. The van der Waals surface area contributed by atoms with E-state index in [0.29, 0.717) is 35.8 Å². The molecular weight excluding hydrogens is 432 g/mol. The van der Waals surface area contributed by atoms with Gasteiger partial charge in [0.15, 0.2) is 11.5 Å². The lowest BCUT2D eigenvalue weighted by Crippen LogP contribution is -2.29. The van der Waals surface area contributed by atoms with Crippen LogP contribution in [-0.2, 0) is 16.1 Å². The van der Waals surface area contributed by atoms with E-state index in [1.807, 2.05) is 19.9 Å². The van der Waals surface area contributed by atoms with Crippen molar-refractivity contribution in [1.82, 2.24) is 9.88 Å². The number of aliphatic hydroxyl groups is 1. The Balaban J connectivity index is 1.87. The molecule has 34 heavy (non-hydrogen) atoms. The average Bonchev–Trinajstić information content (AvgIpc) is 3.11. The van der Waals surface area contributed by atoms with Crippen molar-refractivity contribution in [2.45, 2.75) is 26.4 Å². The van der Waals surface area contributed by atoms with Gasteiger partial charge in [-0.2, -0.15) is 0 Å². The van der Waals surface area contributed by atoms with E-state index >= 15 is 0 Å². The fourth-order valence-corrected chi connectivity index (χ4v) is 4.06. The molecule has 2 heterocycles. The van der Waals surface area contributed by atoms with Gasteiger partial charge in [-0.05, 0) is 49.2 Å². The summed E-state index contributed by atoms with van der Waals surface area (Å²) >= 11 is 0. The highest BCUT2D eigenvalue weighted by molar-refractivity contribution is 6.46. The predicted octanol–water partition coefficient (Wildman–Crippen LogP) is 4.50. The number of likely N-dealkylation sites (tertiary alicyclic amines) is 1. The molecule has 1 amide bonds. The fraction of sp³-hybridized carbons (Fsp3) is 0.222. The van der Waals surface area contributed by atoms with E-state index in [2.05, 4.69) is 4.98 Å². The third-order valence-electron chi connectivity index (χ3n) is 5.57. The Morgan fingerprint density at radius 3 is 2.29 bits per heavy atom. The molecule has 1 aliphatic heterocycles. The first-order chi connectivity index (χ1) is 16.5. The molecule has 7 heteroatoms. The van der Waals surface area contributed by atoms with Crippen molar-refractivity contribution in [1.29, 1.82) is 0 Å². The maximum Gasteiger partial charge on any atom is 0.295 e. The quantitative estimate of drug-likeness (QED) is 0.304. The molecule has 1 atom stereocenters. The van der Waals surface area contributed by atoms with Crippen molar-refractivity contribution < 1.29 is 24.2 Å². The van der Waals surface area contributed by atoms with E-state index in [9.17, 15) is 14.7 Å².